The Kier molecular flexibility index (Phi) is 5.25. The number of hydrogen-bond acceptors (Lipinski definition) is 4. The molecule has 1 N–H and O–H groups in total. The van der Waals surface area contributed by atoms with Gasteiger partial charge in [-0.2, -0.15) is 0 Å². The molecule has 1 amide bonds. The number of nitrogens with one attached hydrogen (secondary N) is 1. The van der Waals surface area contributed by atoms with Crippen molar-refractivity contribution in [3.05, 3.63) is 46.4 Å². The summed E-state index contributed by atoms with van der Waals surface area (Å²) in [6.45, 7) is 3.53. The fourth-order valence-corrected chi connectivity index (χ4v) is 2.79. The van der Waals surface area contributed by atoms with E-state index in [1.54, 1.807) is 26.0 Å². The van der Waals surface area contributed by atoms with Crippen LogP contribution < -0.4 is 5.32 Å². The maximum absolute atomic E-state index is 12.9. The average Bonchev–Trinajstić information content (AvgIpc) is 2.82. The highest BCUT2D eigenvalue weighted by Crippen LogP contribution is 2.25. The largest absolute Gasteiger partial charge is 0.360 e. The first-order valence-electron chi connectivity index (χ1n) is 6.25. The molecule has 0 bridgehead atoms. The van der Waals surface area contributed by atoms with Gasteiger partial charge >= 0.3 is 0 Å². The second kappa shape index (κ2) is 6.95. The van der Waals surface area contributed by atoms with Crippen molar-refractivity contribution in [3.8, 4) is 0 Å². The molecule has 0 saturated heterocycles. The van der Waals surface area contributed by atoms with Gasteiger partial charge in [0.2, 0.25) is 5.91 Å². The van der Waals surface area contributed by atoms with Crippen LogP contribution in [-0.4, -0.2) is 16.3 Å². The summed E-state index contributed by atoms with van der Waals surface area (Å²) in [5.41, 5.74) is 0.792. The van der Waals surface area contributed by atoms with Crippen LogP contribution in [0.3, 0.4) is 0 Å². The average molecular weight is 329 g/mol. The number of nitrogens with zero attached hydrogens (tertiary/aromatic N) is 1. The van der Waals surface area contributed by atoms with E-state index in [1.165, 1.54) is 23.9 Å². The molecular weight excluding hydrogens is 315 g/mol. The Labute approximate surface area is 131 Å². The summed E-state index contributed by atoms with van der Waals surface area (Å²) in [5, 5.41) is 6.43. The Morgan fingerprint density at radius 3 is 2.90 bits per heavy atom. The monoisotopic (exact) mass is 328 g/mol. The van der Waals surface area contributed by atoms with Gasteiger partial charge in [0.1, 0.15) is 11.6 Å². The second-order valence-corrected chi connectivity index (χ2v) is 6.24. The molecule has 1 aromatic carbocycles. The minimum Gasteiger partial charge on any atom is -0.360 e. The molecule has 0 aliphatic rings. The Morgan fingerprint density at radius 1 is 1.52 bits per heavy atom. The number of benzene rings is 1. The lowest BCUT2D eigenvalue weighted by molar-refractivity contribution is -0.115. The zero-order chi connectivity index (χ0) is 15.4. The van der Waals surface area contributed by atoms with Crippen LogP contribution in [0.15, 0.2) is 28.8 Å². The van der Waals surface area contributed by atoms with Crippen LogP contribution in [0.4, 0.5) is 10.2 Å². The Hall–Kier alpha value is -1.53. The molecule has 1 aromatic heterocycles. The van der Waals surface area contributed by atoms with Crippen LogP contribution in [0.25, 0.3) is 0 Å². The highest BCUT2D eigenvalue weighted by Gasteiger charge is 2.16. The molecule has 0 aliphatic carbocycles. The van der Waals surface area contributed by atoms with Gasteiger partial charge in [-0.15, -0.1) is 11.8 Å². The summed E-state index contributed by atoms with van der Waals surface area (Å²) >= 11 is 7.36. The summed E-state index contributed by atoms with van der Waals surface area (Å²) in [7, 11) is 0. The van der Waals surface area contributed by atoms with E-state index in [-0.39, 0.29) is 17.0 Å². The van der Waals surface area contributed by atoms with Crippen LogP contribution in [0.1, 0.15) is 18.2 Å². The Morgan fingerprint density at radius 2 is 2.29 bits per heavy atom. The maximum Gasteiger partial charge on any atom is 0.238 e. The number of halogens is 2. The number of carbonyl (C=O) groups excluding carboxylic acids is 1. The van der Waals surface area contributed by atoms with Crippen molar-refractivity contribution in [1.82, 2.24) is 5.16 Å². The zero-order valence-electron chi connectivity index (χ0n) is 11.5. The minimum absolute atomic E-state index is 0.175. The molecule has 1 atom stereocenters. The lowest BCUT2D eigenvalue weighted by Crippen LogP contribution is -2.22. The minimum atomic E-state index is -0.374. The van der Waals surface area contributed by atoms with E-state index >= 15 is 0 Å². The molecule has 0 saturated carbocycles. The lowest BCUT2D eigenvalue weighted by atomic mass is 10.2. The summed E-state index contributed by atoms with van der Waals surface area (Å²) in [4.78, 5) is 12.0. The summed E-state index contributed by atoms with van der Waals surface area (Å²) < 4.78 is 17.8. The van der Waals surface area contributed by atoms with E-state index in [4.69, 9.17) is 16.1 Å². The van der Waals surface area contributed by atoms with Gasteiger partial charge in [0.25, 0.3) is 0 Å². The third kappa shape index (κ3) is 4.47. The van der Waals surface area contributed by atoms with Gasteiger partial charge in [0.05, 0.1) is 5.25 Å². The van der Waals surface area contributed by atoms with Crippen molar-refractivity contribution in [2.45, 2.75) is 24.9 Å². The smallest absolute Gasteiger partial charge is 0.238 e. The van der Waals surface area contributed by atoms with E-state index in [9.17, 15) is 9.18 Å². The molecule has 0 spiro atoms. The highest BCUT2D eigenvalue weighted by atomic mass is 35.5. The van der Waals surface area contributed by atoms with Crippen LogP contribution in [0.2, 0.25) is 5.02 Å². The van der Waals surface area contributed by atoms with E-state index in [0.717, 1.165) is 5.56 Å². The molecule has 2 rings (SSSR count). The number of aromatic nitrogens is 1. The zero-order valence-corrected chi connectivity index (χ0v) is 13.1. The van der Waals surface area contributed by atoms with Gasteiger partial charge in [-0.1, -0.05) is 22.8 Å². The van der Waals surface area contributed by atoms with Crippen molar-refractivity contribution in [1.29, 1.82) is 0 Å². The third-order valence-electron chi connectivity index (χ3n) is 2.75. The maximum atomic E-state index is 12.9. The first-order chi connectivity index (χ1) is 9.95. The molecule has 1 heterocycles. The summed E-state index contributed by atoms with van der Waals surface area (Å²) in [5.74, 6) is 0.992. The van der Waals surface area contributed by atoms with E-state index in [0.29, 0.717) is 22.4 Å². The normalized spacial score (nSPS) is 12.2. The lowest BCUT2D eigenvalue weighted by Gasteiger charge is -2.11. The number of carbonyl (C=O) groups is 1. The third-order valence-corrected chi connectivity index (χ3v) is 4.30. The van der Waals surface area contributed by atoms with E-state index < -0.39 is 0 Å². The second-order valence-electron chi connectivity index (χ2n) is 4.50. The molecule has 2 aromatic rings. The van der Waals surface area contributed by atoms with Crippen molar-refractivity contribution in [3.63, 3.8) is 0 Å². The molecule has 7 heteroatoms. The first kappa shape index (κ1) is 15.9. The van der Waals surface area contributed by atoms with Crippen molar-refractivity contribution < 1.29 is 13.7 Å². The predicted molar refractivity (Wildman–Crippen MR) is 82.0 cm³/mol. The van der Waals surface area contributed by atoms with Crippen molar-refractivity contribution >= 4 is 35.1 Å². The number of rotatable bonds is 5. The van der Waals surface area contributed by atoms with Gasteiger partial charge in [0, 0.05) is 16.8 Å². The Balaban J connectivity index is 1.88. The van der Waals surface area contributed by atoms with Crippen molar-refractivity contribution in [2.24, 2.45) is 0 Å². The molecule has 0 unspecified atom stereocenters. The number of thioether (sulfide) groups is 1. The molecular formula is C14H14ClFN2O2S. The van der Waals surface area contributed by atoms with Gasteiger partial charge in [0.15, 0.2) is 5.82 Å². The number of hydrogen-bond donors (Lipinski definition) is 1. The fourth-order valence-electron chi connectivity index (χ4n) is 1.58. The van der Waals surface area contributed by atoms with Gasteiger partial charge in [-0.25, -0.2) is 4.39 Å². The quantitative estimate of drug-likeness (QED) is 0.900. The van der Waals surface area contributed by atoms with Crippen LogP contribution in [0, 0.1) is 12.7 Å². The molecule has 0 fully saturated rings. The first-order valence-corrected chi connectivity index (χ1v) is 7.68. The predicted octanol–water partition coefficient (Wildman–Crippen LogP) is 4.04. The van der Waals surface area contributed by atoms with Crippen LogP contribution >= 0.6 is 23.4 Å². The molecule has 4 nitrogen and oxygen atoms in total. The Bertz CT molecular complexity index is 648. The van der Waals surface area contributed by atoms with E-state index in [2.05, 4.69) is 10.5 Å². The molecule has 112 valence electrons. The number of amides is 1. The number of aryl methyl sites for hydroxylation is 1. The summed E-state index contributed by atoms with van der Waals surface area (Å²) in [6, 6.07) is 5.88. The van der Waals surface area contributed by atoms with Gasteiger partial charge < -0.3 is 9.84 Å². The fraction of sp³-hybridized carbons (Fsp3) is 0.286. The highest BCUT2D eigenvalue weighted by molar-refractivity contribution is 7.99. The molecule has 0 aliphatic heterocycles. The SMILES string of the molecule is Cc1cc(NC(=O)[C@H](C)SCc2ccc(F)cc2Cl)no1. The van der Waals surface area contributed by atoms with Crippen LogP contribution in [-0.2, 0) is 10.5 Å². The number of anilines is 1. The molecule has 0 radical (unpaired) electrons. The van der Waals surface area contributed by atoms with Crippen LogP contribution in [0.5, 0.6) is 0 Å². The van der Waals surface area contributed by atoms with E-state index in [1.807, 2.05) is 0 Å². The van der Waals surface area contributed by atoms with Crippen molar-refractivity contribution in [2.75, 3.05) is 5.32 Å². The topological polar surface area (TPSA) is 55.1 Å². The van der Waals surface area contributed by atoms with Gasteiger partial charge in [-0.05, 0) is 31.5 Å². The van der Waals surface area contributed by atoms with Gasteiger partial charge in [-0.3, -0.25) is 4.79 Å². The summed E-state index contributed by atoms with van der Waals surface area (Å²) in [6.07, 6.45) is 0. The molecule has 21 heavy (non-hydrogen) atoms. The standard InChI is InChI=1S/C14H14ClFN2O2S/c1-8-5-13(18-20-8)17-14(19)9(2)21-7-10-3-4-11(16)6-12(10)15/h3-6,9H,7H2,1-2H3,(H,17,18,19)/t9-/m0/s1.